The van der Waals surface area contributed by atoms with Gasteiger partial charge in [-0.3, -0.25) is 0 Å². The standard InChI is InChI=1S/C16H19N3O2/c1-16(2)11-19(9-14(21-16)10-20-3)15-12(7-17)5-4-6-13(15)8-18/h4-6,14H,9-11H2,1-3H3. The molecule has 5 heteroatoms. The molecular formula is C16H19N3O2. The van der Waals surface area contributed by atoms with Crippen molar-refractivity contribution in [3.8, 4) is 12.1 Å². The highest BCUT2D eigenvalue weighted by Crippen LogP contribution is 2.31. The van der Waals surface area contributed by atoms with Crippen molar-refractivity contribution in [1.29, 1.82) is 10.5 Å². The molecule has 0 radical (unpaired) electrons. The zero-order chi connectivity index (χ0) is 15.5. The summed E-state index contributed by atoms with van der Waals surface area (Å²) < 4.78 is 11.2. The third-order valence-electron chi connectivity index (χ3n) is 3.43. The largest absolute Gasteiger partial charge is 0.382 e. The smallest absolute Gasteiger partial charge is 0.101 e. The van der Waals surface area contributed by atoms with Crippen LogP contribution in [-0.2, 0) is 9.47 Å². The second-order valence-electron chi connectivity index (χ2n) is 5.76. The Morgan fingerprint density at radius 3 is 2.48 bits per heavy atom. The molecule has 21 heavy (non-hydrogen) atoms. The number of benzene rings is 1. The molecule has 1 aliphatic rings. The van der Waals surface area contributed by atoms with Crippen LogP contribution in [0.1, 0.15) is 25.0 Å². The van der Waals surface area contributed by atoms with Crippen LogP contribution in [0, 0.1) is 22.7 Å². The molecule has 0 amide bonds. The first-order valence-electron chi connectivity index (χ1n) is 6.85. The van der Waals surface area contributed by atoms with Gasteiger partial charge in [-0.15, -0.1) is 0 Å². The lowest BCUT2D eigenvalue weighted by Crippen LogP contribution is -2.54. The fraction of sp³-hybridized carbons (Fsp3) is 0.500. The van der Waals surface area contributed by atoms with E-state index in [0.717, 1.165) is 0 Å². The second-order valence-corrected chi connectivity index (χ2v) is 5.76. The Kier molecular flexibility index (Phi) is 4.47. The zero-order valence-corrected chi connectivity index (χ0v) is 12.6. The first kappa shape index (κ1) is 15.3. The third-order valence-corrected chi connectivity index (χ3v) is 3.43. The number of hydrogen-bond donors (Lipinski definition) is 0. The Hall–Kier alpha value is -2.08. The molecular weight excluding hydrogens is 266 g/mol. The lowest BCUT2D eigenvalue weighted by atomic mass is 10.0. The zero-order valence-electron chi connectivity index (χ0n) is 12.6. The summed E-state index contributed by atoms with van der Waals surface area (Å²) in [5.41, 5.74) is 1.36. The highest BCUT2D eigenvalue weighted by Gasteiger charge is 2.35. The highest BCUT2D eigenvalue weighted by atomic mass is 16.5. The second kappa shape index (κ2) is 6.13. The lowest BCUT2D eigenvalue weighted by Gasteiger charge is -2.44. The van der Waals surface area contributed by atoms with Gasteiger partial charge in [0.15, 0.2) is 0 Å². The lowest BCUT2D eigenvalue weighted by molar-refractivity contribution is -0.106. The Morgan fingerprint density at radius 2 is 1.95 bits per heavy atom. The third kappa shape index (κ3) is 3.33. The van der Waals surface area contributed by atoms with Crippen LogP contribution in [0.4, 0.5) is 5.69 Å². The van der Waals surface area contributed by atoms with Gasteiger partial charge in [-0.1, -0.05) is 6.07 Å². The predicted octanol–water partition coefficient (Wildman–Crippen LogP) is 2.06. The number of ether oxygens (including phenoxy) is 2. The van der Waals surface area contributed by atoms with E-state index < -0.39 is 0 Å². The van der Waals surface area contributed by atoms with E-state index in [1.54, 1.807) is 25.3 Å². The topological polar surface area (TPSA) is 69.3 Å². The van der Waals surface area contributed by atoms with Crippen LogP contribution >= 0.6 is 0 Å². The predicted molar refractivity (Wildman–Crippen MR) is 78.9 cm³/mol. The monoisotopic (exact) mass is 285 g/mol. The highest BCUT2D eigenvalue weighted by molar-refractivity contribution is 5.68. The molecule has 0 N–H and O–H groups in total. The quantitative estimate of drug-likeness (QED) is 0.850. The van der Waals surface area contributed by atoms with Gasteiger partial charge >= 0.3 is 0 Å². The molecule has 110 valence electrons. The van der Waals surface area contributed by atoms with Crippen molar-refractivity contribution in [3.63, 3.8) is 0 Å². The van der Waals surface area contributed by atoms with Gasteiger partial charge in [-0.2, -0.15) is 10.5 Å². The minimum absolute atomic E-state index is 0.0861. The first-order chi connectivity index (χ1) is 10.0. The van der Waals surface area contributed by atoms with Crippen molar-refractivity contribution in [2.75, 3.05) is 31.7 Å². The molecule has 0 aromatic heterocycles. The van der Waals surface area contributed by atoms with Crippen molar-refractivity contribution >= 4 is 5.69 Å². The van der Waals surface area contributed by atoms with Crippen molar-refractivity contribution in [1.82, 2.24) is 0 Å². The molecule has 1 aliphatic heterocycles. The van der Waals surface area contributed by atoms with Crippen molar-refractivity contribution < 1.29 is 9.47 Å². The maximum Gasteiger partial charge on any atom is 0.101 e. The van der Waals surface area contributed by atoms with Crippen molar-refractivity contribution in [2.45, 2.75) is 25.6 Å². The molecule has 1 aromatic rings. The van der Waals surface area contributed by atoms with Gasteiger partial charge in [0.25, 0.3) is 0 Å². The number of nitriles is 2. The molecule has 2 rings (SSSR count). The van der Waals surface area contributed by atoms with Crippen LogP contribution in [0.5, 0.6) is 0 Å². The van der Waals surface area contributed by atoms with E-state index in [-0.39, 0.29) is 11.7 Å². The minimum Gasteiger partial charge on any atom is -0.382 e. The normalized spacial score (nSPS) is 20.6. The average molecular weight is 285 g/mol. The summed E-state index contributed by atoms with van der Waals surface area (Å²) in [4.78, 5) is 2.06. The summed E-state index contributed by atoms with van der Waals surface area (Å²) in [6, 6.07) is 9.57. The molecule has 1 atom stereocenters. The number of para-hydroxylation sites is 1. The van der Waals surface area contributed by atoms with Gasteiger partial charge in [0.1, 0.15) is 12.1 Å². The van der Waals surface area contributed by atoms with E-state index in [4.69, 9.17) is 9.47 Å². The number of rotatable bonds is 3. The fourth-order valence-corrected chi connectivity index (χ4v) is 2.80. The van der Waals surface area contributed by atoms with Crippen LogP contribution in [0.15, 0.2) is 18.2 Å². The number of anilines is 1. The molecule has 1 saturated heterocycles. The van der Waals surface area contributed by atoms with E-state index in [9.17, 15) is 10.5 Å². The maximum absolute atomic E-state index is 9.33. The molecule has 0 saturated carbocycles. The van der Waals surface area contributed by atoms with Crippen LogP contribution in [0.3, 0.4) is 0 Å². The van der Waals surface area contributed by atoms with E-state index >= 15 is 0 Å². The Balaban J connectivity index is 2.41. The molecule has 0 bridgehead atoms. The van der Waals surface area contributed by atoms with Crippen LogP contribution < -0.4 is 4.90 Å². The van der Waals surface area contributed by atoms with Crippen LogP contribution in [0.2, 0.25) is 0 Å². The molecule has 1 aromatic carbocycles. The Morgan fingerprint density at radius 1 is 1.33 bits per heavy atom. The fourth-order valence-electron chi connectivity index (χ4n) is 2.80. The first-order valence-corrected chi connectivity index (χ1v) is 6.85. The van der Waals surface area contributed by atoms with E-state index in [2.05, 4.69) is 17.0 Å². The minimum atomic E-state index is -0.364. The summed E-state index contributed by atoms with van der Waals surface area (Å²) in [5.74, 6) is 0. The SMILES string of the molecule is COCC1CN(c2c(C#N)cccc2C#N)CC(C)(C)O1. The summed E-state index contributed by atoms with van der Waals surface area (Å²) in [6.45, 7) is 5.72. The number of methoxy groups -OCH3 is 1. The number of hydrogen-bond acceptors (Lipinski definition) is 5. The van der Waals surface area contributed by atoms with Gasteiger partial charge < -0.3 is 14.4 Å². The molecule has 0 aliphatic carbocycles. The summed E-state index contributed by atoms with van der Waals surface area (Å²) in [5, 5.41) is 18.7. The van der Waals surface area contributed by atoms with Gasteiger partial charge in [0.05, 0.1) is 35.1 Å². The molecule has 0 spiro atoms. The molecule has 1 unspecified atom stereocenters. The van der Waals surface area contributed by atoms with Crippen molar-refractivity contribution in [3.05, 3.63) is 29.3 Å². The van der Waals surface area contributed by atoms with E-state index in [1.807, 2.05) is 13.8 Å². The summed E-state index contributed by atoms with van der Waals surface area (Å²) in [7, 11) is 1.64. The van der Waals surface area contributed by atoms with E-state index in [1.165, 1.54) is 0 Å². The van der Waals surface area contributed by atoms with Gasteiger partial charge in [-0.05, 0) is 26.0 Å². The molecule has 5 nitrogen and oxygen atoms in total. The van der Waals surface area contributed by atoms with Crippen molar-refractivity contribution in [2.24, 2.45) is 0 Å². The average Bonchev–Trinajstić information content (AvgIpc) is 2.44. The van der Waals surface area contributed by atoms with Crippen LogP contribution in [0.25, 0.3) is 0 Å². The Bertz CT molecular complexity index is 566. The summed E-state index contributed by atoms with van der Waals surface area (Å²) in [6.07, 6.45) is -0.0861. The maximum atomic E-state index is 9.33. The Labute approximate surface area is 125 Å². The molecule has 1 heterocycles. The van der Waals surface area contributed by atoms with Crippen LogP contribution in [-0.4, -0.2) is 38.5 Å². The van der Waals surface area contributed by atoms with Gasteiger partial charge in [0.2, 0.25) is 0 Å². The summed E-state index contributed by atoms with van der Waals surface area (Å²) >= 11 is 0. The molecule has 1 fully saturated rings. The number of nitrogens with zero attached hydrogens (tertiary/aromatic N) is 3. The van der Waals surface area contributed by atoms with Gasteiger partial charge in [0, 0.05) is 20.2 Å². The van der Waals surface area contributed by atoms with E-state index in [0.29, 0.717) is 36.5 Å². The number of morpholine rings is 1. The van der Waals surface area contributed by atoms with Gasteiger partial charge in [-0.25, -0.2) is 0 Å².